The third-order valence-corrected chi connectivity index (χ3v) is 2.69. The summed E-state index contributed by atoms with van der Waals surface area (Å²) in [6.07, 6.45) is 3.85. The van der Waals surface area contributed by atoms with Crippen LogP contribution in [0.5, 0.6) is 0 Å². The Morgan fingerprint density at radius 2 is 1.67 bits per heavy atom. The summed E-state index contributed by atoms with van der Waals surface area (Å²) in [6, 6.07) is 7.69. The maximum Gasteiger partial charge on any atom is 0.227 e. The largest absolute Gasteiger partial charge is 0.287 e. The molecule has 2 aromatic rings. The molecule has 18 heavy (non-hydrogen) atoms. The average Bonchev–Trinajstić information content (AvgIpc) is 2.28. The van der Waals surface area contributed by atoms with Gasteiger partial charge in [-0.1, -0.05) is 0 Å². The van der Waals surface area contributed by atoms with Gasteiger partial charge in [-0.05, 0) is 44.2 Å². The zero-order valence-corrected chi connectivity index (χ0v) is 10.5. The van der Waals surface area contributed by atoms with Crippen LogP contribution >= 0.6 is 0 Å². The molecule has 2 nitrogen and oxygen atoms in total. The molecule has 2 rings (SSSR count). The highest BCUT2D eigenvalue weighted by Crippen LogP contribution is 2.04. The van der Waals surface area contributed by atoms with E-state index in [1.54, 1.807) is 0 Å². The van der Waals surface area contributed by atoms with Crippen LogP contribution in [0.3, 0.4) is 0 Å². The Kier molecular flexibility index (Phi) is 3.51. The van der Waals surface area contributed by atoms with E-state index in [1.165, 1.54) is 24.3 Å². The highest BCUT2D eigenvalue weighted by Gasteiger charge is 2.12. The molecule has 1 aromatic carbocycles. The highest BCUT2D eigenvalue weighted by atomic mass is 19.1. The summed E-state index contributed by atoms with van der Waals surface area (Å²) in [4.78, 5) is 12.0. The number of nitrogens with zero attached hydrogens (tertiary/aromatic N) is 1. The fourth-order valence-corrected chi connectivity index (χ4v) is 1.98. The van der Waals surface area contributed by atoms with Crippen LogP contribution in [0.1, 0.15) is 21.5 Å². The standard InChI is InChI=1S/C15H15FNO/c1-11-7-12(2)9-17(8-11)10-15(18)13-3-5-14(16)6-4-13/h3-9H,10H2,1-2H3/q+1. The SMILES string of the molecule is Cc1cc(C)c[n+](CC(=O)c2ccc(F)cc2)c1. The monoisotopic (exact) mass is 244 g/mol. The molecule has 1 aromatic heterocycles. The molecule has 0 fully saturated rings. The molecule has 0 atom stereocenters. The van der Waals surface area contributed by atoms with E-state index in [0.29, 0.717) is 5.56 Å². The van der Waals surface area contributed by atoms with Crippen molar-refractivity contribution in [1.82, 2.24) is 0 Å². The quantitative estimate of drug-likeness (QED) is 0.600. The Labute approximate surface area is 106 Å². The maximum absolute atomic E-state index is 12.8. The number of halogens is 1. The van der Waals surface area contributed by atoms with E-state index in [2.05, 4.69) is 6.07 Å². The van der Waals surface area contributed by atoms with Crippen molar-refractivity contribution in [1.29, 1.82) is 0 Å². The summed E-state index contributed by atoms with van der Waals surface area (Å²) in [5.74, 6) is -0.351. The molecule has 1 heterocycles. The maximum atomic E-state index is 12.8. The van der Waals surface area contributed by atoms with E-state index < -0.39 is 0 Å². The number of aryl methyl sites for hydroxylation is 2. The summed E-state index contributed by atoms with van der Waals surface area (Å²) in [6.45, 7) is 4.26. The lowest BCUT2D eigenvalue weighted by Crippen LogP contribution is -2.38. The molecule has 0 saturated carbocycles. The van der Waals surface area contributed by atoms with Gasteiger partial charge in [0.1, 0.15) is 5.82 Å². The Bertz CT molecular complexity index is 555. The Hall–Kier alpha value is -2.03. The first kappa shape index (κ1) is 12.4. The third-order valence-electron chi connectivity index (χ3n) is 2.69. The number of rotatable bonds is 3. The van der Waals surface area contributed by atoms with E-state index in [1.807, 2.05) is 30.8 Å². The highest BCUT2D eigenvalue weighted by molar-refractivity contribution is 5.94. The van der Waals surface area contributed by atoms with Gasteiger partial charge in [-0.3, -0.25) is 4.79 Å². The van der Waals surface area contributed by atoms with E-state index in [4.69, 9.17) is 0 Å². The Morgan fingerprint density at radius 3 is 2.22 bits per heavy atom. The van der Waals surface area contributed by atoms with Crippen LogP contribution in [0.4, 0.5) is 4.39 Å². The number of ketones is 1. The molecule has 0 unspecified atom stereocenters. The Balaban J connectivity index is 2.18. The number of hydrogen-bond donors (Lipinski definition) is 0. The molecule has 0 spiro atoms. The van der Waals surface area contributed by atoms with Gasteiger partial charge in [0.05, 0.1) is 0 Å². The van der Waals surface area contributed by atoms with E-state index in [0.717, 1.165) is 11.1 Å². The van der Waals surface area contributed by atoms with E-state index in [9.17, 15) is 9.18 Å². The number of hydrogen-bond acceptors (Lipinski definition) is 1. The number of carbonyl (C=O) groups excluding carboxylic acids is 1. The van der Waals surface area contributed by atoms with Gasteiger partial charge in [0.15, 0.2) is 12.4 Å². The summed E-state index contributed by atoms with van der Waals surface area (Å²) in [5, 5.41) is 0. The zero-order chi connectivity index (χ0) is 13.1. The molecule has 92 valence electrons. The molecule has 0 bridgehead atoms. The van der Waals surface area contributed by atoms with E-state index >= 15 is 0 Å². The second-order valence-electron chi connectivity index (χ2n) is 4.49. The summed E-state index contributed by atoms with van der Waals surface area (Å²) >= 11 is 0. The molecule has 0 aliphatic carbocycles. The normalized spacial score (nSPS) is 10.4. The fourth-order valence-electron chi connectivity index (χ4n) is 1.98. The second-order valence-corrected chi connectivity index (χ2v) is 4.49. The van der Waals surface area contributed by atoms with Crippen LogP contribution in [0.25, 0.3) is 0 Å². The van der Waals surface area contributed by atoms with Gasteiger partial charge < -0.3 is 0 Å². The minimum atomic E-state index is -0.328. The van der Waals surface area contributed by atoms with Crippen molar-refractivity contribution < 1.29 is 13.8 Å². The van der Waals surface area contributed by atoms with Crippen molar-refractivity contribution in [2.75, 3.05) is 0 Å². The van der Waals surface area contributed by atoms with Gasteiger partial charge in [0, 0.05) is 16.7 Å². The minimum Gasteiger partial charge on any atom is -0.287 e. The van der Waals surface area contributed by atoms with Gasteiger partial charge in [-0.15, -0.1) is 0 Å². The number of benzene rings is 1. The van der Waals surface area contributed by atoms with Crippen LogP contribution in [0, 0.1) is 19.7 Å². The lowest BCUT2D eigenvalue weighted by molar-refractivity contribution is -0.683. The number of Topliss-reactive ketones (excluding diaryl/α,β-unsaturated/α-hetero) is 1. The van der Waals surface area contributed by atoms with Gasteiger partial charge in [0.25, 0.3) is 0 Å². The molecular weight excluding hydrogens is 229 g/mol. The van der Waals surface area contributed by atoms with Crippen LogP contribution in [0.15, 0.2) is 42.7 Å². The first-order chi connectivity index (χ1) is 8.54. The summed E-state index contributed by atoms with van der Waals surface area (Å²) in [7, 11) is 0. The average molecular weight is 244 g/mol. The molecule has 0 N–H and O–H groups in total. The van der Waals surface area contributed by atoms with Crippen molar-refractivity contribution in [3.8, 4) is 0 Å². The molecule has 0 aliphatic heterocycles. The lowest BCUT2D eigenvalue weighted by atomic mass is 10.1. The zero-order valence-electron chi connectivity index (χ0n) is 10.5. The Morgan fingerprint density at radius 1 is 1.11 bits per heavy atom. The number of aromatic nitrogens is 1. The second kappa shape index (κ2) is 5.08. The number of pyridine rings is 1. The van der Waals surface area contributed by atoms with Gasteiger partial charge in [-0.2, -0.15) is 4.57 Å². The molecule has 3 heteroatoms. The number of carbonyl (C=O) groups is 1. The molecular formula is C15H15FNO+. The topological polar surface area (TPSA) is 20.9 Å². The van der Waals surface area contributed by atoms with Crippen LogP contribution in [0.2, 0.25) is 0 Å². The lowest BCUT2D eigenvalue weighted by Gasteiger charge is -2.00. The summed E-state index contributed by atoms with van der Waals surface area (Å²) in [5.41, 5.74) is 2.76. The van der Waals surface area contributed by atoms with Crippen molar-refractivity contribution in [3.05, 3.63) is 65.2 Å². The first-order valence-corrected chi connectivity index (χ1v) is 5.81. The van der Waals surface area contributed by atoms with Gasteiger partial charge in [-0.25, -0.2) is 4.39 Å². The van der Waals surface area contributed by atoms with Crippen LogP contribution < -0.4 is 4.57 Å². The first-order valence-electron chi connectivity index (χ1n) is 5.81. The minimum absolute atomic E-state index is 0.0231. The van der Waals surface area contributed by atoms with Crippen molar-refractivity contribution in [2.45, 2.75) is 20.4 Å². The summed E-state index contributed by atoms with van der Waals surface area (Å²) < 4.78 is 14.6. The molecule has 0 amide bonds. The van der Waals surface area contributed by atoms with Crippen molar-refractivity contribution >= 4 is 5.78 Å². The van der Waals surface area contributed by atoms with Crippen LogP contribution in [-0.4, -0.2) is 5.78 Å². The van der Waals surface area contributed by atoms with Gasteiger partial charge >= 0.3 is 0 Å². The smallest absolute Gasteiger partial charge is 0.227 e. The predicted octanol–water partition coefficient (Wildman–Crippen LogP) is 2.61. The van der Waals surface area contributed by atoms with Crippen LogP contribution in [-0.2, 0) is 6.54 Å². The molecule has 0 radical (unpaired) electrons. The molecule has 0 saturated heterocycles. The van der Waals surface area contributed by atoms with E-state index in [-0.39, 0.29) is 18.1 Å². The fraction of sp³-hybridized carbons (Fsp3) is 0.200. The van der Waals surface area contributed by atoms with Gasteiger partial charge in [0.2, 0.25) is 12.3 Å². The van der Waals surface area contributed by atoms with Crippen molar-refractivity contribution in [3.63, 3.8) is 0 Å². The predicted molar refractivity (Wildman–Crippen MR) is 66.8 cm³/mol. The van der Waals surface area contributed by atoms with Crippen molar-refractivity contribution in [2.24, 2.45) is 0 Å². The molecule has 0 aliphatic rings. The third kappa shape index (κ3) is 3.00.